The molecule has 1 rings (SSSR count). The number of nitrogens with two attached hydrogens (primary N) is 1. The Labute approximate surface area is 109 Å². The molecule has 1 atom stereocenters. The van der Waals surface area contributed by atoms with Crippen LogP contribution in [0, 0.1) is 0 Å². The highest BCUT2D eigenvalue weighted by Gasteiger charge is 2.12. The summed E-state index contributed by atoms with van der Waals surface area (Å²) in [6, 6.07) is 6.85. The SMILES string of the molecule is CCC[C@@H](N)C(=O)Nc1ccc(OC(C)C)cc1. The highest BCUT2D eigenvalue weighted by Crippen LogP contribution is 2.17. The third-order valence-electron chi connectivity index (χ3n) is 2.43. The van der Waals surface area contributed by atoms with Crippen molar-refractivity contribution in [2.45, 2.75) is 45.8 Å². The Kier molecular flexibility index (Phi) is 5.65. The van der Waals surface area contributed by atoms with E-state index < -0.39 is 6.04 Å². The van der Waals surface area contributed by atoms with Gasteiger partial charge in [-0.2, -0.15) is 0 Å². The average Bonchev–Trinajstić information content (AvgIpc) is 2.31. The van der Waals surface area contributed by atoms with Gasteiger partial charge in [0.25, 0.3) is 0 Å². The van der Waals surface area contributed by atoms with Crippen molar-refractivity contribution in [3.8, 4) is 5.75 Å². The third-order valence-corrected chi connectivity index (χ3v) is 2.43. The molecule has 0 radical (unpaired) electrons. The fourth-order valence-electron chi connectivity index (χ4n) is 1.57. The lowest BCUT2D eigenvalue weighted by molar-refractivity contribution is -0.117. The molecule has 0 aromatic heterocycles. The summed E-state index contributed by atoms with van der Waals surface area (Å²) < 4.78 is 5.52. The standard InChI is InChI=1S/C14H22N2O2/c1-4-5-13(15)14(17)16-11-6-8-12(9-7-11)18-10(2)3/h6-10,13H,4-5,15H2,1-3H3,(H,16,17)/t13-/m1/s1. The molecule has 4 nitrogen and oxygen atoms in total. The first-order chi connectivity index (χ1) is 8.52. The van der Waals surface area contributed by atoms with Crippen molar-refractivity contribution in [3.05, 3.63) is 24.3 Å². The van der Waals surface area contributed by atoms with Gasteiger partial charge in [0.05, 0.1) is 12.1 Å². The van der Waals surface area contributed by atoms with Crippen LogP contribution >= 0.6 is 0 Å². The Bertz CT molecular complexity index is 374. The van der Waals surface area contributed by atoms with Crippen LogP contribution in [0.3, 0.4) is 0 Å². The molecule has 0 unspecified atom stereocenters. The summed E-state index contributed by atoms with van der Waals surface area (Å²) in [5.41, 5.74) is 6.47. The second-order valence-corrected chi connectivity index (χ2v) is 4.58. The molecule has 1 aromatic rings. The van der Waals surface area contributed by atoms with Gasteiger partial charge in [0.1, 0.15) is 5.75 Å². The maximum absolute atomic E-state index is 11.7. The van der Waals surface area contributed by atoms with E-state index in [1.807, 2.05) is 45.0 Å². The largest absolute Gasteiger partial charge is 0.491 e. The van der Waals surface area contributed by atoms with Crippen LogP contribution in [0.5, 0.6) is 5.75 Å². The number of anilines is 1. The smallest absolute Gasteiger partial charge is 0.241 e. The van der Waals surface area contributed by atoms with Crippen LogP contribution in [0.2, 0.25) is 0 Å². The zero-order valence-electron chi connectivity index (χ0n) is 11.3. The Balaban J connectivity index is 2.55. The monoisotopic (exact) mass is 250 g/mol. The number of hydrogen-bond donors (Lipinski definition) is 2. The number of nitrogens with one attached hydrogen (secondary N) is 1. The zero-order valence-corrected chi connectivity index (χ0v) is 11.3. The number of carbonyl (C=O) groups is 1. The predicted molar refractivity (Wildman–Crippen MR) is 73.7 cm³/mol. The third kappa shape index (κ3) is 4.75. The molecule has 100 valence electrons. The molecular weight excluding hydrogens is 228 g/mol. The topological polar surface area (TPSA) is 64.4 Å². The average molecular weight is 250 g/mol. The second kappa shape index (κ2) is 7.01. The van der Waals surface area contributed by atoms with E-state index in [9.17, 15) is 4.79 Å². The molecule has 18 heavy (non-hydrogen) atoms. The Morgan fingerprint density at radius 3 is 2.44 bits per heavy atom. The van der Waals surface area contributed by atoms with Gasteiger partial charge in [0.2, 0.25) is 5.91 Å². The summed E-state index contributed by atoms with van der Waals surface area (Å²) in [5.74, 6) is 0.648. The molecule has 3 N–H and O–H groups in total. The van der Waals surface area contributed by atoms with Crippen LogP contribution in [-0.2, 0) is 4.79 Å². The Morgan fingerprint density at radius 2 is 1.94 bits per heavy atom. The Morgan fingerprint density at radius 1 is 1.33 bits per heavy atom. The molecule has 1 amide bonds. The van der Waals surface area contributed by atoms with Crippen molar-refractivity contribution >= 4 is 11.6 Å². The highest BCUT2D eigenvalue weighted by atomic mass is 16.5. The van der Waals surface area contributed by atoms with Gasteiger partial charge in [0, 0.05) is 5.69 Å². The molecular formula is C14H22N2O2. The minimum Gasteiger partial charge on any atom is -0.491 e. The number of amides is 1. The molecule has 0 saturated heterocycles. The van der Waals surface area contributed by atoms with Crippen molar-refractivity contribution in [2.24, 2.45) is 5.73 Å². The summed E-state index contributed by atoms with van der Waals surface area (Å²) in [4.78, 5) is 11.7. The second-order valence-electron chi connectivity index (χ2n) is 4.58. The fraction of sp³-hybridized carbons (Fsp3) is 0.500. The van der Waals surface area contributed by atoms with E-state index in [2.05, 4.69) is 5.32 Å². The molecule has 0 spiro atoms. The van der Waals surface area contributed by atoms with Crippen LogP contribution in [0.25, 0.3) is 0 Å². The van der Waals surface area contributed by atoms with Crippen molar-refractivity contribution in [3.63, 3.8) is 0 Å². The number of rotatable bonds is 6. The van der Waals surface area contributed by atoms with E-state index in [0.29, 0.717) is 6.42 Å². The van der Waals surface area contributed by atoms with E-state index in [-0.39, 0.29) is 12.0 Å². The van der Waals surface area contributed by atoms with E-state index in [1.165, 1.54) is 0 Å². The molecule has 0 saturated carbocycles. The molecule has 0 aliphatic heterocycles. The van der Waals surface area contributed by atoms with Gasteiger partial charge in [-0.15, -0.1) is 0 Å². The van der Waals surface area contributed by atoms with Crippen molar-refractivity contribution in [1.29, 1.82) is 0 Å². The van der Waals surface area contributed by atoms with Gasteiger partial charge in [-0.25, -0.2) is 0 Å². The lowest BCUT2D eigenvalue weighted by Crippen LogP contribution is -2.35. The lowest BCUT2D eigenvalue weighted by atomic mass is 10.1. The number of hydrogen-bond acceptors (Lipinski definition) is 3. The minimum absolute atomic E-state index is 0.142. The highest BCUT2D eigenvalue weighted by molar-refractivity contribution is 5.94. The molecule has 0 aliphatic rings. The van der Waals surface area contributed by atoms with E-state index in [0.717, 1.165) is 17.9 Å². The summed E-state index contributed by atoms with van der Waals surface area (Å²) in [5, 5.41) is 2.79. The van der Waals surface area contributed by atoms with Gasteiger partial charge in [-0.1, -0.05) is 13.3 Å². The van der Waals surface area contributed by atoms with Crippen LogP contribution < -0.4 is 15.8 Å². The first-order valence-electron chi connectivity index (χ1n) is 6.36. The van der Waals surface area contributed by atoms with E-state index in [4.69, 9.17) is 10.5 Å². The first-order valence-corrected chi connectivity index (χ1v) is 6.36. The number of carbonyl (C=O) groups excluding carboxylic acids is 1. The van der Waals surface area contributed by atoms with Gasteiger partial charge in [-0.05, 0) is 44.5 Å². The summed E-state index contributed by atoms with van der Waals surface area (Å²) in [7, 11) is 0. The molecule has 0 heterocycles. The number of benzene rings is 1. The summed E-state index contributed by atoms with van der Waals surface area (Å²) >= 11 is 0. The normalized spacial score (nSPS) is 12.3. The van der Waals surface area contributed by atoms with Gasteiger partial charge >= 0.3 is 0 Å². The molecule has 0 aliphatic carbocycles. The van der Waals surface area contributed by atoms with E-state index >= 15 is 0 Å². The Hall–Kier alpha value is -1.55. The first kappa shape index (κ1) is 14.5. The van der Waals surface area contributed by atoms with Gasteiger partial charge in [0.15, 0.2) is 0 Å². The summed E-state index contributed by atoms with van der Waals surface area (Å²) in [6.07, 6.45) is 1.74. The van der Waals surface area contributed by atoms with Gasteiger partial charge < -0.3 is 15.8 Å². The quantitative estimate of drug-likeness (QED) is 0.815. The molecule has 1 aromatic carbocycles. The van der Waals surface area contributed by atoms with Crippen LogP contribution in [0.15, 0.2) is 24.3 Å². The fourth-order valence-corrected chi connectivity index (χ4v) is 1.57. The molecule has 0 fully saturated rings. The molecule has 4 heteroatoms. The predicted octanol–water partition coefficient (Wildman–Crippen LogP) is 2.54. The molecule has 0 bridgehead atoms. The van der Waals surface area contributed by atoms with Gasteiger partial charge in [-0.3, -0.25) is 4.79 Å². The minimum atomic E-state index is -0.443. The number of ether oxygens (including phenoxy) is 1. The lowest BCUT2D eigenvalue weighted by Gasteiger charge is -2.13. The summed E-state index contributed by atoms with van der Waals surface area (Å²) in [6.45, 7) is 5.95. The van der Waals surface area contributed by atoms with Crippen molar-refractivity contribution < 1.29 is 9.53 Å². The van der Waals surface area contributed by atoms with Crippen molar-refractivity contribution in [2.75, 3.05) is 5.32 Å². The maximum atomic E-state index is 11.7. The maximum Gasteiger partial charge on any atom is 0.241 e. The van der Waals surface area contributed by atoms with Crippen LogP contribution in [0.4, 0.5) is 5.69 Å². The van der Waals surface area contributed by atoms with Crippen LogP contribution in [-0.4, -0.2) is 18.1 Å². The van der Waals surface area contributed by atoms with E-state index in [1.54, 1.807) is 0 Å². The van der Waals surface area contributed by atoms with Crippen molar-refractivity contribution in [1.82, 2.24) is 0 Å². The zero-order chi connectivity index (χ0) is 13.5. The van der Waals surface area contributed by atoms with Crippen LogP contribution in [0.1, 0.15) is 33.6 Å².